The molecule has 34 heavy (non-hydrogen) atoms. The van der Waals surface area contributed by atoms with Crippen molar-refractivity contribution in [3.63, 3.8) is 0 Å². The van der Waals surface area contributed by atoms with E-state index in [9.17, 15) is 13.2 Å². The van der Waals surface area contributed by atoms with Gasteiger partial charge >= 0.3 is 0 Å². The molecule has 0 saturated heterocycles. The van der Waals surface area contributed by atoms with E-state index in [2.05, 4.69) is 10.0 Å². The number of benzene rings is 3. The van der Waals surface area contributed by atoms with E-state index in [0.717, 1.165) is 17.7 Å². The minimum Gasteiger partial charge on any atom is -0.490 e. The van der Waals surface area contributed by atoms with Crippen LogP contribution in [0.1, 0.15) is 12.0 Å². The van der Waals surface area contributed by atoms with Crippen LogP contribution in [-0.4, -0.2) is 34.1 Å². The average molecular weight is 479 g/mol. The highest BCUT2D eigenvalue weighted by molar-refractivity contribution is 7.92. The Hall–Kier alpha value is -3.98. The molecule has 0 spiro atoms. The van der Waals surface area contributed by atoms with Gasteiger partial charge in [0, 0.05) is 29.4 Å². The van der Waals surface area contributed by atoms with E-state index >= 15 is 0 Å². The summed E-state index contributed by atoms with van der Waals surface area (Å²) in [6, 6.07) is 18.4. The van der Waals surface area contributed by atoms with Gasteiger partial charge < -0.3 is 19.5 Å². The zero-order chi connectivity index (χ0) is 23.5. The van der Waals surface area contributed by atoms with Crippen LogP contribution in [-0.2, 0) is 14.8 Å². The first kappa shape index (κ1) is 21.8. The van der Waals surface area contributed by atoms with Crippen LogP contribution in [0.5, 0.6) is 17.2 Å². The van der Waals surface area contributed by atoms with E-state index in [1.807, 2.05) is 24.3 Å². The lowest BCUT2D eigenvalue weighted by Crippen LogP contribution is -2.21. The molecule has 5 rings (SSSR count). The highest BCUT2D eigenvalue weighted by Gasteiger charge is 2.20. The third-order valence-corrected chi connectivity index (χ3v) is 6.73. The maximum Gasteiger partial charge on any atom is 0.262 e. The van der Waals surface area contributed by atoms with E-state index in [1.54, 1.807) is 36.4 Å². The Morgan fingerprint density at radius 3 is 2.35 bits per heavy atom. The van der Waals surface area contributed by atoms with Gasteiger partial charge in [0.25, 0.3) is 15.9 Å². The van der Waals surface area contributed by atoms with Crippen molar-refractivity contribution in [1.29, 1.82) is 0 Å². The summed E-state index contributed by atoms with van der Waals surface area (Å²) in [7, 11) is -3.84. The molecule has 0 radical (unpaired) electrons. The standard InChI is InChI=1S/C25H22N2O6S/c28-25(18-14-17-4-1-2-5-22(17)33-16-18)26-19-6-8-20(9-7-19)27-34(29,30)21-10-11-23-24(15-21)32-13-3-12-31-23/h1-2,4-11,14-15,27H,3,12-13,16H2,(H,26,28). The van der Waals surface area contributed by atoms with Gasteiger partial charge in [-0.05, 0) is 48.5 Å². The quantitative estimate of drug-likeness (QED) is 0.573. The average Bonchev–Trinajstić information content (AvgIpc) is 3.10. The Kier molecular flexibility index (Phi) is 5.85. The number of amides is 1. The minimum atomic E-state index is -3.84. The summed E-state index contributed by atoms with van der Waals surface area (Å²) in [6.07, 6.45) is 2.53. The Balaban J connectivity index is 1.26. The molecule has 2 heterocycles. The monoisotopic (exact) mass is 478 g/mol. The van der Waals surface area contributed by atoms with Crippen LogP contribution in [0.3, 0.4) is 0 Å². The summed E-state index contributed by atoms with van der Waals surface area (Å²) in [5.74, 6) is 1.39. The molecule has 0 atom stereocenters. The molecule has 0 fully saturated rings. The lowest BCUT2D eigenvalue weighted by molar-refractivity contribution is -0.113. The summed E-state index contributed by atoms with van der Waals surface area (Å²) in [4.78, 5) is 12.7. The number of nitrogens with one attached hydrogen (secondary N) is 2. The maximum atomic E-state index is 12.8. The molecule has 0 unspecified atom stereocenters. The van der Waals surface area contributed by atoms with Crippen molar-refractivity contribution in [3.05, 3.63) is 77.9 Å². The molecule has 0 aromatic heterocycles. The first-order valence-corrected chi connectivity index (χ1v) is 12.2. The molecule has 2 N–H and O–H groups in total. The molecule has 1 amide bonds. The predicted octanol–water partition coefficient (Wildman–Crippen LogP) is 4.06. The fourth-order valence-electron chi connectivity index (χ4n) is 3.61. The lowest BCUT2D eigenvalue weighted by atomic mass is 10.1. The Morgan fingerprint density at radius 1 is 0.794 bits per heavy atom. The molecule has 0 saturated carbocycles. The lowest BCUT2D eigenvalue weighted by Gasteiger charge is -2.17. The maximum absolute atomic E-state index is 12.8. The van der Waals surface area contributed by atoms with Crippen molar-refractivity contribution in [2.24, 2.45) is 0 Å². The number of carbonyl (C=O) groups is 1. The summed E-state index contributed by atoms with van der Waals surface area (Å²) >= 11 is 0. The van der Waals surface area contributed by atoms with Gasteiger partial charge in [-0.3, -0.25) is 9.52 Å². The van der Waals surface area contributed by atoms with Crippen molar-refractivity contribution in [3.8, 4) is 17.2 Å². The zero-order valence-electron chi connectivity index (χ0n) is 18.1. The molecular weight excluding hydrogens is 456 g/mol. The van der Waals surface area contributed by atoms with Gasteiger partial charge in [0.15, 0.2) is 11.5 Å². The molecule has 2 aliphatic rings. The van der Waals surface area contributed by atoms with Crippen molar-refractivity contribution in [2.75, 3.05) is 29.9 Å². The van der Waals surface area contributed by atoms with Gasteiger partial charge in [0.2, 0.25) is 0 Å². The van der Waals surface area contributed by atoms with Crippen molar-refractivity contribution in [1.82, 2.24) is 0 Å². The van der Waals surface area contributed by atoms with Gasteiger partial charge in [0.1, 0.15) is 12.4 Å². The Bertz CT molecular complexity index is 1370. The van der Waals surface area contributed by atoms with Crippen LogP contribution in [0.15, 0.2) is 77.2 Å². The second kappa shape index (κ2) is 9.11. The third-order valence-electron chi connectivity index (χ3n) is 5.35. The number of fused-ring (bicyclic) bond motifs is 2. The third kappa shape index (κ3) is 4.69. The van der Waals surface area contributed by atoms with E-state index in [1.165, 1.54) is 12.1 Å². The van der Waals surface area contributed by atoms with Crippen molar-refractivity contribution in [2.45, 2.75) is 11.3 Å². The number of anilines is 2. The molecule has 3 aromatic rings. The number of sulfonamides is 1. The number of carbonyl (C=O) groups excluding carboxylic acids is 1. The van der Waals surface area contributed by atoms with Gasteiger partial charge in [-0.1, -0.05) is 18.2 Å². The first-order valence-electron chi connectivity index (χ1n) is 10.7. The molecule has 0 aliphatic carbocycles. The summed E-state index contributed by atoms with van der Waals surface area (Å²) in [5.41, 5.74) is 2.24. The molecule has 8 nitrogen and oxygen atoms in total. The van der Waals surface area contributed by atoms with E-state index in [-0.39, 0.29) is 17.4 Å². The number of hydrogen-bond donors (Lipinski definition) is 2. The Labute approximate surface area is 197 Å². The second-order valence-corrected chi connectivity index (χ2v) is 9.47. The molecule has 2 aliphatic heterocycles. The summed E-state index contributed by atoms with van der Waals surface area (Å²) in [5, 5.41) is 2.81. The van der Waals surface area contributed by atoms with Crippen molar-refractivity contribution >= 4 is 33.4 Å². The van der Waals surface area contributed by atoms with E-state index < -0.39 is 10.0 Å². The second-order valence-electron chi connectivity index (χ2n) is 7.79. The van der Waals surface area contributed by atoms with E-state index in [0.29, 0.717) is 41.7 Å². The van der Waals surface area contributed by atoms with Gasteiger partial charge in [0.05, 0.1) is 23.7 Å². The van der Waals surface area contributed by atoms with Crippen LogP contribution in [0.25, 0.3) is 6.08 Å². The highest BCUT2D eigenvalue weighted by Crippen LogP contribution is 2.32. The van der Waals surface area contributed by atoms with Crippen LogP contribution in [0, 0.1) is 0 Å². The predicted molar refractivity (Wildman–Crippen MR) is 128 cm³/mol. The van der Waals surface area contributed by atoms with Crippen LogP contribution in [0.2, 0.25) is 0 Å². The fourth-order valence-corrected chi connectivity index (χ4v) is 4.68. The number of ether oxygens (including phenoxy) is 3. The Morgan fingerprint density at radius 2 is 1.53 bits per heavy atom. The molecular formula is C25H22N2O6S. The highest BCUT2D eigenvalue weighted by atomic mass is 32.2. The molecule has 3 aromatic carbocycles. The van der Waals surface area contributed by atoms with Gasteiger partial charge in [-0.15, -0.1) is 0 Å². The van der Waals surface area contributed by atoms with Gasteiger partial charge in [-0.2, -0.15) is 0 Å². The number of hydrogen-bond acceptors (Lipinski definition) is 6. The fraction of sp³-hybridized carbons (Fsp3) is 0.160. The van der Waals surface area contributed by atoms with Gasteiger partial charge in [-0.25, -0.2) is 8.42 Å². The molecule has 0 bridgehead atoms. The smallest absolute Gasteiger partial charge is 0.262 e. The molecule has 174 valence electrons. The summed E-state index contributed by atoms with van der Waals surface area (Å²) in [6.45, 7) is 1.17. The molecule has 9 heteroatoms. The topological polar surface area (TPSA) is 103 Å². The summed E-state index contributed by atoms with van der Waals surface area (Å²) < 4.78 is 45.0. The van der Waals surface area contributed by atoms with Crippen LogP contribution >= 0.6 is 0 Å². The SMILES string of the molecule is O=C(Nc1ccc(NS(=O)(=O)c2ccc3c(c2)OCCCO3)cc1)C1=Cc2ccccc2OC1. The van der Waals surface area contributed by atoms with Crippen LogP contribution in [0.4, 0.5) is 11.4 Å². The van der Waals surface area contributed by atoms with Crippen molar-refractivity contribution < 1.29 is 27.4 Å². The number of rotatable bonds is 5. The zero-order valence-corrected chi connectivity index (χ0v) is 18.9. The van der Waals surface area contributed by atoms with Crippen LogP contribution < -0.4 is 24.2 Å². The van der Waals surface area contributed by atoms with E-state index in [4.69, 9.17) is 14.2 Å². The minimum absolute atomic E-state index is 0.0682. The largest absolute Gasteiger partial charge is 0.490 e. The number of para-hydroxylation sites is 1. The first-order chi connectivity index (χ1) is 16.5. The normalized spacial score (nSPS) is 14.6.